The van der Waals surface area contributed by atoms with Gasteiger partial charge in [0.25, 0.3) is 0 Å². The Morgan fingerprint density at radius 2 is 2.40 bits per heavy atom. The molecule has 0 saturated carbocycles. The van der Waals surface area contributed by atoms with E-state index in [4.69, 9.17) is 4.74 Å². The van der Waals surface area contributed by atoms with E-state index in [0.717, 1.165) is 19.8 Å². The highest BCUT2D eigenvalue weighted by Gasteiger charge is 2.08. The van der Waals surface area contributed by atoms with Crippen molar-refractivity contribution < 1.29 is 4.74 Å². The third-order valence-corrected chi connectivity index (χ3v) is 1.93. The third kappa shape index (κ3) is 2.67. The second-order valence-electron chi connectivity index (χ2n) is 2.84. The number of rotatable bonds is 2. The summed E-state index contributed by atoms with van der Waals surface area (Å²) in [6.45, 7) is 5.09. The van der Waals surface area contributed by atoms with Crippen LogP contribution in [0.3, 0.4) is 0 Å². The van der Waals surface area contributed by atoms with Gasteiger partial charge in [-0.15, -0.1) is 0 Å². The number of hydrogen-bond donors (Lipinski definition) is 1. The molecule has 0 aromatic heterocycles. The molecule has 1 saturated heterocycles. The quantitative estimate of drug-likeness (QED) is 0.626. The van der Waals surface area contributed by atoms with Crippen LogP contribution < -0.4 is 5.32 Å². The molecule has 1 unspecified atom stereocenters. The van der Waals surface area contributed by atoms with E-state index in [1.165, 1.54) is 19.3 Å². The Labute approximate surface area is 63.0 Å². The minimum absolute atomic E-state index is 0.715. The third-order valence-electron chi connectivity index (χ3n) is 1.93. The van der Waals surface area contributed by atoms with E-state index in [1.54, 1.807) is 0 Å². The van der Waals surface area contributed by atoms with Crippen LogP contribution in [0.1, 0.15) is 26.2 Å². The zero-order chi connectivity index (χ0) is 7.23. The lowest BCUT2D eigenvalue weighted by atomic mass is 10.1. The first kappa shape index (κ1) is 8.02. The lowest BCUT2D eigenvalue weighted by Crippen LogP contribution is -2.29. The van der Waals surface area contributed by atoms with Gasteiger partial charge in [0, 0.05) is 19.2 Å². The molecule has 2 heteroatoms. The first-order chi connectivity index (χ1) is 4.93. The Hall–Kier alpha value is -0.0800. The van der Waals surface area contributed by atoms with Crippen molar-refractivity contribution in [3.63, 3.8) is 0 Å². The van der Waals surface area contributed by atoms with Crippen molar-refractivity contribution in [2.24, 2.45) is 0 Å². The highest BCUT2D eigenvalue weighted by molar-refractivity contribution is 4.67. The molecule has 0 radical (unpaired) electrons. The number of hydrogen-bond acceptors (Lipinski definition) is 2. The van der Waals surface area contributed by atoms with Gasteiger partial charge in [-0.1, -0.05) is 13.3 Å². The molecule has 10 heavy (non-hydrogen) atoms. The first-order valence-electron chi connectivity index (χ1n) is 4.24. The van der Waals surface area contributed by atoms with E-state index in [0.29, 0.717) is 6.04 Å². The summed E-state index contributed by atoms with van der Waals surface area (Å²) in [5, 5.41) is 3.46. The van der Waals surface area contributed by atoms with Crippen LogP contribution in [0.2, 0.25) is 0 Å². The Balaban J connectivity index is 2.15. The Bertz CT molecular complexity index is 77.3. The summed E-state index contributed by atoms with van der Waals surface area (Å²) in [5.41, 5.74) is 0. The van der Waals surface area contributed by atoms with E-state index < -0.39 is 0 Å². The molecule has 1 aliphatic rings. The van der Waals surface area contributed by atoms with Gasteiger partial charge < -0.3 is 10.1 Å². The SMILES string of the molecule is CCCC1CCOCCN1. The average molecular weight is 143 g/mol. The molecule has 60 valence electrons. The Morgan fingerprint density at radius 1 is 1.50 bits per heavy atom. The van der Waals surface area contributed by atoms with E-state index in [2.05, 4.69) is 12.2 Å². The van der Waals surface area contributed by atoms with Crippen molar-refractivity contribution in [3.05, 3.63) is 0 Å². The number of nitrogens with one attached hydrogen (secondary N) is 1. The van der Waals surface area contributed by atoms with Gasteiger partial charge >= 0.3 is 0 Å². The minimum atomic E-state index is 0.715. The van der Waals surface area contributed by atoms with Crippen LogP contribution in [-0.4, -0.2) is 25.8 Å². The standard InChI is InChI=1S/C8H17NO/c1-2-3-8-4-6-10-7-5-9-8/h8-9H,2-7H2,1H3. The maximum absolute atomic E-state index is 5.31. The normalized spacial score (nSPS) is 27.9. The average Bonchev–Trinajstić information content (AvgIpc) is 2.17. The van der Waals surface area contributed by atoms with Crippen molar-refractivity contribution in [1.29, 1.82) is 0 Å². The molecule has 2 nitrogen and oxygen atoms in total. The number of ether oxygens (including phenoxy) is 1. The van der Waals surface area contributed by atoms with Crippen molar-refractivity contribution in [3.8, 4) is 0 Å². The molecule has 1 aliphatic heterocycles. The largest absolute Gasteiger partial charge is 0.380 e. The summed E-state index contributed by atoms with van der Waals surface area (Å²) in [4.78, 5) is 0. The van der Waals surface area contributed by atoms with Crippen LogP contribution in [0.15, 0.2) is 0 Å². The van der Waals surface area contributed by atoms with Crippen LogP contribution in [-0.2, 0) is 4.74 Å². The van der Waals surface area contributed by atoms with Crippen LogP contribution in [0.4, 0.5) is 0 Å². The summed E-state index contributed by atoms with van der Waals surface area (Å²) in [6, 6.07) is 0.715. The molecule has 1 N–H and O–H groups in total. The molecule has 0 amide bonds. The van der Waals surface area contributed by atoms with Crippen molar-refractivity contribution >= 4 is 0 Å². The smallest absolute Gasteiger partial charge is 0.0591 e. The molecule has 1 rings (SSSR count). The van der Waals surface area contributed by atoms with Gasteiger partial charge in [-0.3, -0.25) is 0 Å². The summed E-state index contributed by atoms with van der Waals surface area (Å²) < 4.78 is 5.31. The van der Waals surface area contributed by atoms with Gasteiger partial charge in [0.1, 0.15) is 0 Å². The minimum Gasteiger partial charge on any atom is -0.380 e. The van der Waals surface area contributed by atoms with Crippen LogP contribution in [0, 0.1) is 0 Å². The van der Waals surface area contributed by atoms with Crippen LogP contribution in [0.25, 0.3) is 0 Å². The lowest BCUT2D eigenvalue weighted by Gasteiger charge is -2.12. The van der Waals surface area contributed by atoms with E-state index in [-0.39, 0.29) is 0 Å². The zero-order valence-corrected chi connectivity index (χ0v) is 6.73. The van der Waals surface area contributed by atoms with E-state index in [1.807, 2.05) is 0 Å². The van der Waals surface area contributed by atoms with Crippen LogP contribution >= 0.6 is 0 Å². The summed E-state index contributed by atoms with van der Waals surface area (Å²) in [7, 11) is 0. The molecular weight excluding hydrogens is 126 g/mol. The predicted octanol–water partition coefficient (Wildman–Crippen LogP) is 1.17. The van der Waals surface area contributed by atoms with Gasteiger partial charge in [-0.25, -0.2) is 0 Å². The second-order valence-corrected chi connectivity index (χ2v) is 2.84. The molecule has 0 bridgehead atoms. The maximum Gasteiger partial charge on any atom is 0.0591 e. The second kappa shape index (κ2) is 4.69. The molecular formula is C8H17NO. The lowest BCUT2D eigenvalue weighted by molar-refractivity contribution is 0.149. The molecule has 1 heterocycles. The molecule has 0 spiro atoms. The van der Waals surface area contributed by atoms with Crippen molar-refractivity contribution in [2.45, 2.75) is 32.2 Å². The topological polar surface area (TPSA) is 21.3 Å². The van der Waals surface area contributed by atoms with Crippen molar-refractivity contribution in [1.82, 2.24) is 5.32 Å². The highest BCUT2D eigenvalue weighted by atomic mass is 16.5. The summed E-state index contributed by atoms with van der Waals surface area (Å²) in [5.74, 6) is 0. The van der Waals surface area contributed by atoms with E-state index >= 15 is 0 Å². The molecule has 1 atom stereocenters. The summed E-state index contributed by atoms with van der Waals surface area (Å²) in [6.07, 6.45) is 3.76. The van der Waals surface area contributed by atoms with Gasteiger partial charge in [-0.05, 0) is 12.8 Å². The van der Waals surface area contributed by atoms with Crippen LogP contribution in [0.5, 0.6) is 0 Å². The highest BCUT2D eigenvalue weighted by Crippen LogP contribution is 2.03. The fourth-order valence-corrected chi connectivity index (χ4v) is 1.36. The Morgan fingerprint density at radius 3 is 3.20 bits per heavy atom. The molecule has 0 aromatic carbocycles. The summed E-state index contributed by atoms with van der Waals surface area (Å²) >= 11 is 0. The van der Waals surface area contributed by atoms with Gasteiger partial charge in [0.05, 0.1) is 6.61 Å². The zero-order valence-electron chi connectivity index (χ0n) is 6.73. The monoisotopic (exact) mass is 143 g/mol. The van der Waals surface area contributed by atoms with Gasteiger partial charge in [-0.2, -0.15) is 0 Å². The maximum atomic E-state index is 5.31. The molecule has 0 aliphatic carbocycles. The van der Waals surface area contributed by atoms with Gasteiger partial charge in [0.2, 0.25) is 0 Å². The fraction of sp³-hybridized carbons (Fsp3) is 1.00. The van der Waals surface area contributed by atoms with Gasteiger partial charge in [0.15, 0.2) is 0 Å². The predicted molar refractivity (Wildman–Crippen MR) is 42.1 cm³/mol. The van der Waals surface area contributed by atoms with E-state index in [9.17, 15) is 0 Å². The molecule has 1 fully saturated rings. The first-order valence-corrected chi connectivity index (χ1v) is 4.24. The fourth-order valence-electron chi connectivity index (χ4n) is 1.36. The molecule has 0 aromatic rings. The Kier molecular flexibility index (Phi) is 3.76. The van der Waals surface area contributed by atoms with Crippen molar-refractivity contribution in [2.75, 3.05) is 19.8 Å².